The molecule has 0 bridgehead atoms. The van der Waals surface area contributed by atoms with Crippen molar-refractivity contribution >= 4 is 44.8 Å². The van der Waals surface area contributed by atoms with Crippen molar-refractivity contribution in [3.8, 4) is 11.3 Å². The lowest BCUT2D eigenvalue weighted by Crippen LogP contribution is -2.62. The number of ether oxygens (including phenoxy) is 1. The lowest BCUT2D eigenvalue weighted by Gasteiger charge is -2.38. The van der Waals surface area contributed by atoms with Gasteiger partial charge in [0.2, 0.25) is 0 Å². The largest absolute Gasteiger partial charge is 0.444 e. The molecule has 1 fully saturated rings. The second-order valence-electron chi connectivity index (χ2n) is 9.09. The van der Waals surface area contributed by atoms with E-state index < -0.39 is 35.6 Å². The van der Waals surface area contributed by atoms with Crippen molar-refractivity contribution in [3.05, 3.63) is 39.4 Å². The van der Waals surface area contributed by atoms with Gasteiger partial charge in [-0.3, -0.25) is 4.79 Å². The molecule has 34 heavy (non-hydrogen) atoms. The summed E-state index contributed by atoms with van der Waals surface area (Å²) in [4.78, 5) is 29.6. The number of carbonyl (C=O) groups is 2. The number of hydrogen-bond acceptors (Lipinski definition) is 6. The topological polar surface area (TPSA) is 97.6 Å². The van der Waals surface area contributed by atoms with Crippen molar-refractivity contribution in [2.45, 2.75) is 63.6 Å². The van der Waals surface area contributed by atoms with Crippen LogP contribution in [-0.4, -0.2) is 50.2 Å². The van der Waals surface area contributed by atoms with E-state index in [1.165, 1.54) is 0 Å². The zero-order valence-corrected chi connectivity index (χ0v) is 21.2. The Morgan fingerprint density at radius 1 is 1.29 bits per heavy atom. The van der Waals surface area contributed by atoms with E-state index in [2.05, 4.69) is 36.6 Å². The van der Waals surface area contributed by atoms with E-state index in [-0.39, 0.29) is 24.3 Å². The molecule has 0 spiro atoms. The molecule has 3 aromatic rings. The van der Waals surface area contributed by atoms with Crippen LogP contribution in [0.1, 0.15) is 49.8 Å². The molecule has 0 unspecified atom stereocenters. The zero-order chi connectivity index (χ0) is 24.7. The summed E-state index contributed by atoms with van der Waals surface area (Å²) in [6, 6.07) is 2.99. The maximum absolute atomic E-state index is 14.8. The van der Waals surface area contributed by atoms with Crippen LogP contribution in [-0.2, 0) is 4.74 Å². The van der Waals surface area contributed by atoms with Crippen molar-refractivity contribution in [2.24, 2.45) is 0 Å². The van der Waals surface area contributed by atoms with Gasteiger partial charge in [0.25, 0.3) is 11.8 Å². The maximum atomic E-state index is 14.8. The van der Waals surface area contributed by atoms with E-state index in [4.69, 9.17) is 4.74 Å². The number of thiazole rings is 1. The van der Waals surface area contributed by atoms with Gasteiger partial charge in [-0.15, -0.1) is 11.3 Å². The fourth-order valence-electron chi connectivity index (χ4n) is 3.88. The molecule has 2 N–H and O–H groups in total. The molecule has 2 atom stereocenters. The van der Waals surface area contributed by atoms with E-state index in [1.807, 2.05) is 18.2 Å². The number of halogens is 3. The Labute approximate surface area is 207 Å². The number of fused-ring (bicyclic) bond motifs is 1. The molecule has 1 aliphatic carbocycles. The standard InChI is InChI=1S/C22H24BrF2N5O3S/c1-21(2,3)33-20(32)27-13-7-6-9-22(24,25)16(13)29-18(31)19-28-15(17(23)34-19)12-11-26-30-10-5-4-8-14(12)30/h4-5,8,10-11,13,16H,6-7,9H2,1-3H3,(H,27,32)(H,29,31)/t13-,16-/m1/s1. The summed E-state index contributed by atoms with van der Waals surface area (Å²) >= 11 is 4.47. The first-order valence-corrected chi connectivity index (χ1v) is 12.3. The molecular formula is C22H24BrF2N5O3S. The number of nitrogens with zero attached hydrogens (tertiary/aromatic N) is 3. The number of amides is 2. The van der Waals surface area contributed by atoms with Crippen LogP contribution in [0.5, 0.6) is 0 Å². The number of nitrogens with one attached hydrogen (secondary N) is 2. The predicted molar refractivity (Wildman–Crippen MR) is 127 cm³/mol. The van der Waals surface area contributed by atoms with E-state index in [1.54, 1.807) is 37.7 Å². The monoisotopic (exact) mass is 555 g/mol. The molecule has 3 aromatic heterocycles. The van der Waals surface area contributed by atoms with Crippen LogP contribution < -0.4 is 10.6 Å². The van der Waals surface area contributed by atoms with Crippen LogP contribution in [0.2, 0.25) is 0 Å². The van der Waals surface area contributed by atoms with E-state index in [0.717, 1.165) is 16.9 Å². The molecule has 0 aliphatic heterocycles. The first-order chi connectivity index (χ1) is 15.9. The van der Waals surface area contributed by atoms with Crippen molar-refractivity contribution in [1.29, 1.82) is 0 Å². The number of pyridine rings is 1. The molecule has 3 heterocycles. The lowest BCUT2D eigenvalue weighted by molar-refractivity contribution is -0.0724. The van der Waals surface area contributed by atoms with Gasteiger partial charge in [-0.2, -0.15) is 5.10 Å². The Morgan fingerprint density at radius 2 is 2.06 bits per heavy atom. The van der Waals surface area contributed by atoms with Crippen LogP contribution in [0.15, 0.2) is 34.4 Å². The van der Waals surface area contributed by atoms with Gasteiger partial charge in [-0.1, -0.05) is 6.07 Å². The number of aromatic nitrogens is 3. The first kappa shape index (κ1) is 24.5. The first-order valence-electron chi connectivity index (χ1n) is 10.7. The average molecular weight is 556 g/mol. The smallest absolute Gasteiger partial charge is 0.407 e. The number of alkyl carbamates (subject to hydrolysis) is 1. The van der Waals surface area contributed by atoms with Crippen LogP contribution in [0.3, 0.4) is 0 Å². The molecule has 2 amide bonds. The summed E-state index contributed by atoms with van der Waals surface area (Å²) in [6.07, 6.45) is 2.72. The van der Waals surface area contributed by atoms with Gasteiger partial charge in [0.15, 0.2) is 5.01 Å². The van der Waals surface area contributed by atoms with Crippen molar-refractivity contribution in [3.63, 3.8) is 0 Å². The minimum Gasteiger partial charge on any atom is -0.444 e. The Morgan fingerprint density at radius 3 is 2.79 bits per heavy atom. The van der Waals surface area contributed by atoms with E-state index in [9.17, 15) is 18.4 Å². The summed E-state index contributed by atoms with van der Waals surface area (Å²) in [5, 5.41) is 9.21. The lowest BCUT2D eigenvalue weighted by atomic mass is 9.87. The van der Waals surface area contributed by atoms with Crippen molar-refractivity contribution in [2.75, 3.05) is 0 Å². The highest BCUT2D eigenvalue weighted by molar-refractivity contribution is 9.11. The minimum absolute atomic E-state index is 0.0227. The van der Waals surface area contributed by atoms with Crippen LogP contribution in [0, 0.1) is 0 Å². The number of rotatable bonds is 4. The Balaban J connectivity index is 1.55. The van der Waals surface area contributed by atoms with Gasteiger partial charge in [0.1, 0.15) is 17.3 Å². The molecule has 12 heteroatoms. The van der Waals surface area contributed by atoms with Crippen LogP contribution in [0.4, 0.5) is 13.6 Å². The highest BCUT2D eigenvalue weighted by atomic mass is 79.9. The summed E-state index contributed by atoms with van der Waals surface area (Å²) in [7, 11) is 0. The summed E-state index contributed by atoms with van der Waals surface area (Å²) in [5.41, 5.74) is 1.22. The third kappa shape index (κ3) is 5.22. The molecule has 4 rings (SSSR count). The maximum Gasteiger partial charge on any atom is 0.407 e. The minimum atomic E-state index is -3.20. The molecule has 0 aromatic carbocycles. The molecule has 8 nitrogen and oxygen atoms in total. The molecule has 0 radical (unpaired) electrons. The molecular weight excluding hydrogens is 532 g/mol. The molecule has 1 saturated carbocycles. The molecule has 1 aliphatic rings. The summed E-state index contributed by atoms with van der Waals surface area (Å²) < 4.78 is 37.1. The summed E-state index contributed by atoms with van der Waals surface area (Å²) in [6.45, 7) is 5.05. The van der Waals surface area contributed by atoms with Crippen molar-refractivity contribution < 1.29 is 23.1 Å². The van der Waals surface area contributed by atoms with Gasteiger partial charge >= 0.3 is 6.09 Å². The third-order valence-electron chi connectivity index (χ3n) is 5.33. The number of carbonyl (C=O) groups excluding carboxylic acids is 2. The van der Waals surface area contributed by atoms with Gasteiger partial charge in [-0.05, 0) is 61.7 Å². The highest BCUT2D eigenvalue weighted by Crippen LogP contribution is 2.37. The second-order valence-corrected chi connectivity index (χ2v) is 11.4. The zero-order valence-electron chi connectivity index (χ0n) is 18.8. The van der Waals surface area contributed by atoms with Crippen LogP contribution >= 0.6 is 27.3 Å². The Bertz CT molecular complexity index is 1220. The van der Waals surface area contributed by atoms with E-state index in [0.29, 0.717) is 15.0 Å². The highest BCUT2D eigenvalue weighted by Gasteiger charge is 2.49. The quantitative estimate of drug-likeness (QED) is 0.470. The van der Waals surface area contributed by atoms with Crippen molar-refractivity contribution in [1.82, 2.24) is 25.2 Å². The molecule has 182 valence electrons. The fourth-order valence-corrected chi connectivity index (χ4v) is 5.35. The second kappa shape index (κ2) is 9.21. The van der Waals surface area contributed by atoms with Gasteiger partial charge in [0.05, 0.1) is 21.5 Å². The Kier molecular flexibility index (Phi) is 6.65. The molecule has 0 saturated heterocycles. The third-order valence-corrected chi connectivity index (χ3v) is 7.04. The Hall–Kier alpha value is -2.60. The van der Waals surface area contributed by atoms with Crippen LogP contribution in [0.25, 0.3) is 16.8 Å². The average Bonchev–Trinajstić information content (AvgIpc) is 3.32. The van der Waals surface area contributed by atoms with E-state index >= 15 is 0 Å². The normalized spacial score (nSPS) is 20.2. The van der Waals surface area contributed by atoms with Gasteiger partial charge in [-0.25, -0.2) is 23.1 Å². The summed E-state index contributed by atoms with van der Waals surface area (Å²) in [5.74, 6) is -3.94. The fraction of sp³-hybridized carbons (Fsp3) is 0.455. The number of hydrogen-bond donors (Lipinski definition) is 2. The number of alkyl halides is 2. The van der Waals surface area contributed by atoms with Gasteiger partial charge < -0.3 is 15.4 Å². The van der Waals surface area contributed by atoms with Gasteiger partial charge in [0, 0.05) is 18.2 Å². The predicted octanol–water partition coefficient (Wildman–Crippen LogP) is 5.03. The SMILES string of the molecule is CC(C)(C)OC(=O)N[C@@H]1CCCC(F)(F)[C@@H]1NC(=O)c1nc(-c2cnn3ccccc23)c(Br)s1.